The number of rotatable bonds is 8. The average molecular weight is 252 g/mol. The summed E-state index contributed by atoms with van der Waals surface area (Å²) in [4.78, 5) is 12.4. The first-order valence-electron chi connectivity index (χ1n) is 5.97. The smallest absolute Gasteiger partial charge is 0.137 e. The van der Waals surface area contributed by atoms with E-state index in [1.54, 1.807) is 0 Å². The standard InChI is InChI=1S/C13H20N2O3/c14-12(10-18)9-11-1-3-13(4-2-11)15(5-7-16)6-8-17/h1-4,10,12,16-17H,5-9,14H2. The van der Waals surface area contributed by atoms with Gasteiger partial charge in [0.1, 0.15) is 6.29 Å². The minimum Gasteiger partial charge on any atom is -0.395 e. The normalized spacial score (nSPS) is 12.2. The van der Waals surface area contributed by atoms with Crippen molar-refractivity contribution in [2.24, 2.45) is 5.73 Å². The van der Waals surface area contributed by atoms with E-state index in [9.17, 15) is 4.79 Å². The number of hydrogen-bond donors (Lipinski definition) is 3. The quantitative estimate of drug-likeness (QED) is 0.545. The molecule has 4 N–H and O–H groups in total. The molecule has 0 heterocycles. The largest absolute Gasteiger partial charge is 0.395 e. The van der Waals surface area contributed by atoms with Crippen LogP contribution in [0.5, 0.6) is 0 Å². The summed E-state index contributed by atoms with van der Waals surface area (Å²) in [6, 6.07) is 7.14. The molecule has 1 atom stereocenters. The SMILES string of the molecule is NC(C=O)Cc1ccc(N(CCO)CCO)cc1. The fourth-order valence-corrected chi connectivity index (χ4v) is 1.77. The molecule has 0 bridgehead atoms. The lowest BCUT2D eigenvalue weighted by atomic mass is 10.1. The number of nitrogens with two attached hydrogens (primary N) is 1. The van der Waals surface area contributed by atoms with E-state index < -0.39 is 6.04 Å². The summed E-state index contributed by atoms with van der Waals surface area (Å²) in [6.07, 6.45) is 1.25. The number of carbonyl (C=O) groups is 1. The number of benzene rings is 1. The van der Waals surface area contributed by atoms with Crippen LogP contribution in [0.3, 0.4) is 0 Å². The van der Waals surface area contributed by atoms with Crippen LogP contribution in [0.4, 0.5) is 5.69 Å². The molecule has 1 aromatic carbocycles. The Kier molecular flexibility index (Phi) is 6.35. The highest BCUT2D eigenvalue weighted by Crippen LogP contribution is 2.15. The molecular formula is C13H20N2O3. The lowest BCUT2D eigenvalue weighted by Crippen LogP contribution is -2.29. The third-order valence-corrected chi connectivity index (χ3v) is 2.69. The molecule has 100 valence electrons. The van der Waals surface area contributed by atoms with Gasteiger partial charge in [0.25, 0.3) is 0 Å². The summed E-state index contributed by atoms with van der Waals surface area (Å²) < 4.78 is 0. The van der Waals surface area contributed by atoms with E-state index in [1.807, 2.05) is 29.2 Å². The maximum absolute atomic E-state index is 10.5. The molecule has 0 aliphatic heterocycles. The number of aldehydes is 1. The minimum atomic E-state index is -0.471. The predicted molar refractivity (Wildman–Crippen MR) is 70.6 cm³/mol. The number of anilines is 1. The van der Waals surface area contributed by atoms with Gasteiger partial charge in [0, 0.05) is 18.8 Å². The van der Waals surface area contributed by atoms with Crippen LogP contribution in [-0.4, -0.2) is 48.8 Å². The van der Waals surface area contributed by atoms with Crippen molar-refractivity contribution >= 4 is 12.0 Å². The van der Waals surface area contributed by atoms with Gasteiger partial charge in [-0.1, -0.05) is 12.1 Å². The van der Waals surface area contributed by atoms with Crippen molar-refractivity contribution in [3.8, 4) is 0 Å². The molecule has 1 rings (SSSR count). The summed E-state index contributed by atoms with van der Waals surface area (Å²) in [5, 5.41) is 17.9. The average Bonchev–Trinajstić information content (AvgIpc) is 2.39. The van der Waals surface area contributed by atoms with Gasteiger partial charge < -0.3 is 25.6 Å². The van der Waals surface area contributed by atoms with E-state index in [1.165, 1.54) is 0 Å². The molecule has 0 aliphatic carbocycles. The fourth-order valence-electron chi connectivity index (χ4n) is 1.77. The summed E-state index contributed by atoms with van der Waals surface area (Å²) in [5.41, 5.74) is 7.48. The van der Waals surface area contributed by atoms with Crippen molar-refractivity contribution in [1.82, 2.24) is 0 Å². The Balaban J connectivity index is 2.70. The lowest BCUT2D eigenvalue weighted by molar-refractivity contribution is -0.108. The van der Waals surface area contributed by atoms with Crippen LogP contribution in [0.2, 0.25) is 0 Å². The third kappa shape index (κ3) is 4.44. The third-order valence-electron chi connectivity index (χ3n) is 2.69. The van der Waals surface area contributed by atoms with E-state index in [-0.39, 0.29) is 13.2 Å². The van der Waals surface area contributed by atoms with Crippen LogP contribution in [0.25, 0.3) is 0 Å². The highest BCUT2D eigenvalue weighted by molar-refractivity contribution is 5.58. The highest BCUT2D eigenvalue weighted by Gasteiger charge is 2.06. The Labute approximate surface area is 107 Å². The van der Waals surface area contributed by atoms with Gasteiger partial charge in [-0.3, -0.25) is 0 Å². The first-order chi connectivity index (χ1) is 8.71. The Bertz CT molecular complexity index is 348. The van der Waals surface area contributed by atoms with Gasteiger partial charge in [-0.2, -0.15) is 0 Å². The van der Waals surface area contributed by atoms with Crippen molar-refractivity contribution in [3.05, 3.63) is 29.8 Å². The van der Waals surface area contributed by atoms with Gasteiger partial charge in [0.15, 0.2) is 0 Å². The first kappa shape index (κ1) is 14.6. The summed E-state index contributed by atoms with van der Waals surface area (Å²) >= 11 is 0. The van der Waals surface area contributed by atoms with E-state index in [0.717, 1.165) is 17.5 Å². The van der Waals surface area contributed by atoms with E-state index >= 15 is 0 Å². The van der Waals surface area contributed by atoms with Crippen LogP contribution < -0.4 is 10.6 Å². The number of nitrogens with zero attached hydrogens (tertiary/aromatic N) is 1. The van der Waals surface area contributed by atoms with E-state index in [2.05, 4.69) is 0 Å². The van der Waals surface area contributed by atoms with Crippen molar-refractivity contribution in [2.75, 3.05) is 31.2 Å². The summed E-state index contributed by atoms with van der Waals surface area (Å²) in [7, 11) is 0. The van der Waals surface area contributed by atoms with Gasteiger partial charge in [0.2, 0.25) is 0 Å². The molecule has 0 fully saturated rings. The molecule has 1 aromatic rings. The Morgan fingerprint density at radius 2 is 1.72 bits per heavy atom. The van der Waals surface area contributed by atoms with Crippen molar-refractivity contribution in [3.63, 3.8) is 0 Å². The number of carbonyl (C=O) groups excluding carboxylic acids is 1. The number of aliphatic hydroxyl groups is 2. The number of aliphatic hydroxyl groups excluding tert-OH is 2. The zero-order chi connectivity index (χ0) is 13.4. The van der Waals surface area contributed by atoms with Crippen molar-refractivity contribution in [2.45, 2.75) is 12.5 Å². The van der Waals surface area contributed by atoms with Crippen LogP contribution in [0.15, 0.2) is 24.3 Å². The zero-order valence-electron chi connectivity index (χ0n) is 10.3. The van der Waals surface area contributed by atoms with Gasteiger partial charge >= 0.3 is 0 Å². The second-order valence-corrected chi connectivity index (χ2v) is 4.10. The summed E-state index contributed by atoms with van der Waals surface area (Å²) in [5.74, 6) is 0. The Hall–Kier alpha value is -1.43. The second-order valence-electron chi connectivity index (χ2n) is 4.10. The molecule has 0 aliphatic rings. The molecule has 0 aromatic heterocycles. The second kappa shape index (κ2) is 7.81. The van der Waals surface area contributed by atoms with Gasteiger partial charge in [0.05, 0.1) is 19.3 Å². The maximum atomic E-state index is 10.5. The predicted octanol–water partition coefficient (Wildman–Crippen LogP) is -0.454. The molecule has 5 heteroatoms. The molecule has 5 nitrogen and oxygen atoms in total. The minimum absolute atomic E-state index is 0.0395. The molecule has 1 unspecified atom stereocenters. The van der Waals surface area contributed by atoms with Crippen molar-refractivity contribution < 1.29 is 15.0 Å². The fraction of sp³-hybridized carbons (Fsp3) is 0.462. The van der Waals surface area contributed by atoms with Crippen LogP contribution in [0.1, 0.15) is 5.56 Å². The van der Waals surface area contributed by atoms with Crippen molar-refractivity contribution in [1.29, 1.82) is 0 Å². The Morgan fingerprint density at radius 1 is 1.17 bits per heavy atom. The van der Waals surface area contributed by atoms with E-state index in [0.29, 0.717) is 19.5 Å². The van der Waals surface area contributed by atoms with Crippen LogP contribution in [0, 0.1) is 0 Å². The molecule has 18 heavy (non-hydrogen) atoms. The topological polar surface area (TPSA) is 86.8 Å². The molecule has 0 amide bonds. The monoisotopic (exact) mass is 252 g/mol. The zero-order valence-corrected chi connectivity index (χ0v) is 10.3. The highest BCUT2D eigenvalue weighted by atomic mass is 16.3. The molecule has 0 radical (unpaired) electrons. The van der Waals surface area contributed by atoms with Gasteiger partial charge in [-0.15, -0.1) is 0 Å². The molecular weight excluding hydrogens is 232 g/mol. The van der Waals surface area contributed by atoms with Gasteiger partial charge in [-0.05, 0) is 24.1 Å². The van der Waals surface area contributed by atoms with E-state index in [4.69, 9.17) is 15.9 Å². The van der Waals surface area contributed by atoms with Gasteiger partial charge in [-0.25, -0.2) is 0 Å². The van der Waals surface area contributed by atoms with Crippen LogP contribution >= 0.6 is 0 Å². The maximum Gasteiger partial charge on any atom is 0.137 e. The molecule has 0 saturated heterocycles. The molecule has 0 spiro atoms. The first-order valence-corrected chi connectivity index (χ1v) is 5.97. The van der Waals surface area contributed by atoms with Crippen LogP contribution in [-0.2, 0) is 11.2 Å². The summed E-state index contributed by atoms with van der Waals surface area (Å²) in [6.45, 7) is 1.04. The number of hydrogen-bond acceptors (Lipinski definition) is 5. The lowest BCUT2D eigenvalue weighted by Gasteiger charge is -2.23. The Morgan fingerprint density at radius 3 is 2.17 bits per heavy atom. The molecule has 0 saturated carbocycles.